The van der Waals surface area contributed by atoms with Crippen LogP contribution in [-0.4, -0.2) is 48.2 Å². The third kappa shape index (κ3) is 3.71. The summed E-state index contributed by atoms with van der Waals surface area (Å²) in [5.41, 5.74) is 0.781. The monoisotopic (exact) mass is 346 g/mol. The number of hydrogen-bond donors (Lipinski definition) is 2. The van der Waals surface area contributed by atoms with Crippen LogP contribution < -0.4 is 15.8 Å². The Morgan fingerprint density at radius 3 is 2.68 bits per heavy atom. The zero-order valence-electron chi connectivity index (χ0n) is 14.5. The first-order valence-corrected chi connectivity index (χ1v) is 9.43. The topological polar surface area (TPSA) is 87.3 Å². The van der Waals surface area contributed by atoms with Crippen LogP contribution in [0.5, 0.6) is 0 Å². The van der Waals surface area contributed by atoms with Crippen LogP contribution in [0.1, 0.15) is 50.1 Å². The van der Waals surface area contributed by atoms with E-state index in [0.29, 0.717) is 19.2 Å². The van der Waals surface area contributed by atoms with E-state index in [1.165, 1.54) is 0 Å². The van der Waals surface area contributed by atoms with E-state index in [1.807, 2.05) is 0 Å². The van der Waals surface area contributed by atoms with Crippen LogP contribution in [0.15, 0.2) is 10.9 Å². The highest BCUT2D eigenvalue weighted by molar-refractivity contribution is 5.79. The highest BCUT2D eigenvalue weighted by Crippen LogP contribution is 2.36. The highest BCUT2D eigenvalue weighted by atomic mass is 16.5. The first-order chi connectivity index (χ1) is 12.2. The Morgan fingerprint density at radius 1 is 1.24 bits per heavy atom. The van der Waals surface area contributed by atoms with Gasteiger partial charge >= 0.3 is 0 Å². The number of aromatic amines is 1. The molecule has 0 unspecified atom stereocenters. The number of H-pyrrole nitrogens is 1. The van der Waals surface area contributed by atoms with Gasteiger partial charge < -0.3 is 15.0 Å². The lowest BCUT2D eigenvalue weighted by Gasteiger charge is -2.36. The Hall–Kier alpha value is -1.89. The van der Waals surface area contributed by atoms with Crippen molar-refractivity contribution in [3.05, 3.63) is 22.1 Å². The molecule has 3 aliphatic rings. The van der Waals surface area contributed by atoms with Crippen molar-refractivity contribution < 1.29 is 9.53 Å². The van der Waals surface area contributed by atoms with Crippen molar-refractivity contribution in [2.24, 2.45) is 5.92 Å². The molecule has 1 saturated carbocycles. The predicted molar refractivity (Wildman–Crippen MR) is 93.8 cm³/mol. The van der Waals surface area contributed by atoms with Crippen molar-refractivity contribution in [1.29, 1.82) is 0 Å². The van der Waals surface area contributed by atoms with Gasteiger partial charge in [-0.1, -0.05) is 0 Å². The SMILES string of the molecule is O=C(NC1CC(c2cc(=O)[nH]c(N3CCCC3)n2)C1)C1CCOCC1. The number of amides is 1. The maximum Gasteiger partial charge on any atom is 0.252 e. The van der Waals surface area contributed by atoms with E-state index in [1.54, 1.807) is 6.07 Å². The Balaban J connectivity index is 1.34. The first kappa shape index (κ1) is 16.6. The van der Waals surface area contributed by atoms with Crippen molar-refractivity contribution in [2.45, 2.75) is 50.5 Å². The molecule has 0 radical (unpaired) electrons. The van der Waals surface area contributed by atoms with Gasteiger partial charge in [0.05, 0.1) is 5.69 Å². The molecular weight excluding hydrogens is 320 g/mol. The minimum Gasteiger partial charge on any atom is -0.381 e. The number of ether oxygens (including phenoxy) is 1. The minimum absolute atomic E-state index is 0.0819. The number of anilines is 1. The molecule has 0 bridgehead atoms. The molecule has 2 aliphatic heterocycles. The zero-order valence-corrected chi connectivity index (χ0v) is 14.5. The van der Waals surface area contributed by atoms with Gasteiger partial charge in [-0.2, -0.15) is 0 Å². The minimum atomic E-state index is -0.0819. The molecule has 3 heterocycles. The fraction of sp³-hybridized carbons (Fsp3) is 0.722. The van der Waals surface area contributed by atoms with Gasteiger partial charge in [0, 0.05) is 50.2 Å². The Bertz CT molecular complexity index is 671. The largest absolute Gasteiger partial charge is 0.381 e. The summed E-state index contributed by atoms with van der Waals surface area (Å²) in [6, 6.07) is 1.82. The molecule has 136 valence electrons. The van der Waals surface area contributed by atoms with E-state index in [9.17, 15) is 9.59 Å². The summed E-state index contributed by atoms with van der Waals surface area (Å²) in [7, 11) is 0. The van der Waals surface area contributed by atoms with E-state index < -0.39 is 0 Å². The van der Waals surface area contributed by atoms with E-state index in [2.05, 4.69) is 20.2 Å². The first-order valence-electron chi connectivity index (χ1n) is 9.43. The summed E-state index contributed by atoms with van der Waals surface area (Å²) in [5, 5.41) is 3.15. The fourth-order valence-electron chi connectivity index (χ4n) is 4.01. The number of carbonyl (C=O) groups is 1. The lowest BCUT2D eigenvalue weighted by Crippen LogP contribution is -2.46. The van der Waals surface area contributed by atoms with E-state index in [-0.39, 0.29) is 29.3 Å². The van der Waals surface area contributed by atoms with Crippen LogP contribution in [0, 0.1) is 5.92 Å². The summed E-state index contributed by atoms with van der Waals surface area (Å²) < 4.78 is 5.31. The molecule has 1 aromatic heterocycles. The maximum atomic E-state index is 12.3. The van der Waals surface area contributed by atoms with Gasteiger partial charge in [-0.15, -0.1) is 0 Å². The second-order valence-corrected chi connectivity index (χ2v) is 7.45. The molecule has 4 rings (SSSR count). The number of rotatable bonds is 4. The summed E-state index contributed by atoms with van der Waals surface area (Å²) in [5.74, 6) is 1.22. The van der Waals surface area contributed by atoms with Crippen molar-refractivity contribution in [2.75, 3.05) is 31.2 Å². The lowest BCUT2D eigenvalue weighted by molar-refractivity contribution is -0.129. The van der Waals surface area contributed by atoms with Gasteiger partial charge in [-0.05, 0) is 38.5 Å². The molecule has 0 atom stereocenters. The average Bonchev–Trinajstić information content (AvgIpc) is 3.12. The maximum absolute atomic E-state index is 12.3. The summed E-state index contributed by atoms with van der Waals surface area (Å²) >= 11 is 0. The molecule has 7 nitrogen and oxygen atoms in total. The molecule has 1 amide bonds. The second-order valence-electron chi connectivity index (χ2n) is 7.45. The number of carbonyl (C=O) groups excluding carboxylic acids is 1. The van der Waals surface area contributed by atoms with Crippen molar-refractivity contribution in [3.63, 3.8) is 0 Å². The normalized spacial score (nSPS) is 27.1. The number of nitrogens with zero attached hydrogens (tertiary/aromatic N) is 2. The summed E-state index contributed by atoms with van der Waals surface area (Å²) in [6.07, 6.45) is 5.67. The molecule has 2 saturated heterocycles. The third-order valence-electron chi connectivity index (χ3n) is 5.65. The molecule has 7 heteroatoms. The van der Waals surface area contributed by atoms with Crippen molar-refractivity contribution in [3.8, 4) is 0 Å². The Morgan fingerprint density at radius 2 is 1.96 bits per heavy atom. The highest BCUT2D eigenvalue weighted by Gasteiger charge is 2.34. The van der Waals surface area contributed by atoms with Crippen LogP contribution in [0.4, 0.5) is 5.95 Å². The van der Waals surface area contributed by atoms with Gasteiger partial charge in [0.1, 0.15) is 0 Å². The molecule has 3 fully saturated rings. The van der Waals surface area contributed by atoms with Crippen LogP contribution in [-0.2, 0) is 9.53 Å². The standard InChI is InChI=1S/C18H26N4O3/c23-16-11-15(20-18(21-16)22-5-1-2-6-22)13-9-14(10-13)19-17(24)12-3-7-25-8-4-12/h11-14H,1-10H2,(H,19,24)(H,20,21,23). The van der Waals surface area contributed by atoms with Crippen LogP contribution in [0.2, 0.25) is 0 Å². The molecule has 25 heavy (non-hydrogen) atoms. The van der Waals surface area contributed by atoms with Crippen LogP contribution >= 0.6 is 0 Å². The van der Waals surface area contributed by atoms with Crippen LogP contribution in [0.3, 0.4) is 0 Å². The molecule has 1 aromatic rings. The molecule has 1 aliphatic carbocycles. The smallest absolute Gasteiger partial charge is 0.252 e. The van der Waals surface area contributed by atoms with Gasteiger partial charge in [-0.3, -0.25) is 14.6 Å². The molecule has 2 N–H and O–H groups in total. The second kappa shape index (κ2) is 7.15. The zero-order chi connectivity index (χ0) is 17.2. The van der Waals surface area contributed by atoms with Crippen molar-refractivity contribution in [1.82, 2.24) is 15.3 Å². The average molecular weight is 346 g/mol. The number of aromatic nitrogens is 2. The van der Waals surface area contributed by atoms with Gasteiger partial charge in [0.15, 0.2) is 0 Å². The number of hydrogen-bond acceptors (Lipinski definition) is 5. The van der Waals surface area contributed by atoms with E-state index in [0.717, 1.165) is 57.3 Å². The fourth-order valence-corrected chi connectivity index (χ4v) is 4.01. The van der Waals surface area contributed by atoms with E-state index >= 15 is 0 Å². The van der Waals surface area contributed by atoms with Gasteiger partial charge in [-0.25, -0.2) is 4.98 Å². The predicted octanol–water partition coefficient (Wildman–Crippen LogP) is 1.16. The quantitative estimate of drug-likeness (QED) is 0.854. The Kier molecular flexibility index (Phi) is 4.74. The summed E-state index contributed by atoms with van der Waals surface area (Å²) in [6.45, 7) is 3.28. The number of nitrogens with one attached hydrogen (secondary N) is 2. The van der Waals surface area contributed by atoms with Crippen LogP contribution in [0.25, 0.3) is 0 Å². The van der Waals surface area contributed by atoms with Gasteiger partial charge in [0.25, 0.3) is 5.56 Å². The molecule has 0 aromatic carbocycles. The van der Waals surface area contributed by atoms with Gasteiger partial charge in [0.2, 0.25) is 11.9 Å². The summed E-state index contributed by atoms with van der Waals surface area (Å²) in [4.78, 5) is 33.9. The lowest BCUT2D eigenvalue weighted by atomic mass is 9.77. The van der Waals surface area contributed by atoms with E-state index in [4.69, 9.17) is 4.74 Å². The van der Waals surface area contributed by atoms with Crippen molar-refractivity contribution >= 4 is 11.9 Å². The third-order valence-corrected chi connectivity index (χ3v) is 5.65. The molecular formula is C18H26N4O3. The molecule has 0 spiro atoms. The Labute approximate surface area is 147 Å².